The highest BCUT2D eigenvalue weighted by atomic mass is 32.2. The summed E-state index contributed by atoms with van der Waals surface area (Å²) in [6, 6.07) is 8.89. The molecule has 7 heteroatoms. The molecule has 1 aliphatic rings. The number of benzene rings is 1. The van der Waals surface area contributed by atoms with E-state index in [0.29, 0.717) is 16.4 Å². The second kappa shape index (κ2) is 6.41. The Morgan fingerprint density at radius 3 is 2.54 bits per heavy atom. The average Bonchev–Trinajstić information content (AvgIpc) is 3.30. The van der Waals surface area contributed by atoms with Gasteiger partial charge >= 0.3 is 0 Å². The van der Waals surface area contributed by atoms with Gasteiger partial charge in [0.1, 0.15) is 0 Å². The van der Waals surface area contributed by atoms with Crippen molar-refractivity contribution in [2.24, 2.45) is 4.99 Å². The van der Waals surface area contributed by atoms with Crippen LogP contribution in [0.25, 0.3) is 11.3 Å². The van der Waals surface area contributed by atoms with E-state index in [9.17, 15) is 8.42 Å². The summed E-state index contributed by atoms with van der Waals surface area (Å²) in [6.07, 6.45) is 3.55. The van der Waals surface area contributed by atoms with E-state index in [0.717, 1.165) is 16.8 Å². The van der Waals surface area contributed by atoms with Crippen molar-refractivity contribution in [2.45, 2.75) is 29.9 Å². The molecule has 5 nitrogen and oxygen atoms in total. The van der Waals surface area contributed by atoms with E-state index in [1.165, 1.54) is 0 Å². The molecule has 4 rings (SSSR count). The van der Waals surface area contributed by atoms with Crippen LogP contribution in [0.3, 0.4) is 0 Å². The second-order valence-electron chi connectivity index (χ2n) is 6.39. The molecule has 1 atom stereocenters. The van der Waals surface area contributed by atoms with Gasteiger partial charge in [0, 0.05) is 11.8 Å². The molecular formula is C19H17N3O2S2. The molecule has 0 saturated heterocycles. The first-order valence-electron chi connectivity index (χ1n) is 8.24. The zero-order valence-electron chi connectivity index (χ0n) is 14.3. The third-order valence-corrected chi connectivity index (χ3v) is 7.29. The van der Waals surface area contributed by atoms with Crippen molar-refractivity contribution in [1.29, 1.82) is 0 Å². The fourth-order valence-corrected chi connectivity index (χ4v) is 4.60. The quantitative estimate of drug-likeness (QED) is 0.676. The SMILES string of the molecule is CC(C)S(=O)(=O)c1ccc(-c2cnc3c(n2)C(c2ccsc2)C=N3)cc1. The number of aromatic nitrogens is 2. The van der Waals surface area contributed by atoms with Gasteiger partial charge in [-0.05, 0) is 48.4 Å². The van der Waals surface area contributed by atoms with Gasteiger partial charge in [-0.15, -0.1) is 0 Å². The van der Waals surface area contributed by atoms with Crippen LogP contribution in [0.4, 0.5) is 5.82 Å². The lowest BCUT2D eigenvalue weighted by molar-refractivity contribution is 0.587. The maximum absolute atomic E-state index is 12.3. The minimum Gasteiger partial charge on any atom is -0.246 e. The highest BCUT2D eigenvalue weighted by Crippen LogP contribution is 2.35. The lowest BCUT2D eigenvalue weighted by Gasteiger charge is -2.10. The van der Waals surface area contributed by atoms with Crippen molar-refractivity contribution < 1.29 is 8.42 Å². The van der Waals surface area contributed by atoms with Crippen LogP contribution in [0.15, 0.2) is 57.2 Å². The molecule has 0 saturated carbocycles. The summed E-state index contributed by atoms with van der Waals surface area (Å²) in [6.45, 7) is 3.36. The first-order valence-corrected chi connectivity index (χ1v) is 10.7. The van der Waals surface area contributed by atoms with Gasteiger partial charge in [-0.3, -0.25) is 0 Å². The topological polar surface area (TPSA) is 72.3 Å². The minimum atomic E-state index is -3.28. The molecule has 0 aliphatic carbocycles. The summed E-state index contributed by atoms with van der Waals surface area (Å²) in [5, 5.41) is 3.68. The van der Waals surface area contributed by atoms with Gasteiger partial charge in [-0.2, -0.15) is 11.3 Å². The highest BCUT2D eigenvalue weighted by Gasteiger charge is 2.25. The zero-order chi connectivity index (χ0) is 18.3. The second-order valence-corrected chi connectivity index (χ2v) is 9.68. The highest BCUT2D eigenvalue weighted by molar-refractivity contribution is 7.92. The fraction of sp³-hybridized carbons (Fsp3) is 0.211. The van der Waals surface area contributed by atoms with Gasteiger partial charge < -0.3 is 0 Å². The number of fused-ring (bicyclic) bond motifs is 1. The first-order chi connectivity index (χ1) is 12.5. The third-order valence-electron chi connectivity index (χ3n) is 4.42. The van der Waals surface area contributed by atoms with Crippen molar-refractivity contribution >= 4 is 33.2 Å². The Hall–Kier alpha value is -2.38. The summed E-state index contributed by atoms with van der Waals surface area (Å²) in [7, 11) is -3.28. The lowest BCUT2D eigenvalue weighted by Crippen LogP contribution is -2.13. The van der Waals surface area contributed by atoms with Crippen molar-refractivity contribution in [3.05, 3.63) is 58.5 Å². The molecule has 0 spiro atoms. The van der Waals surface area contributed by atoms with E-state index in [1.807, 2.05) is 11.6 Å². The Kier molecular flexibility index (Phi) is 4.20. The fourth-order valence-electron chi connectivity index (χ4n) is 2.84. The number of hydrogen-bond acceptors (Lipinski definition) is 6. The smallest absolute Gasteiger partial charge is 0.180 e. The summed E-state index contributed by atoms with van der Waals surface area (Å²) in [5.74, 6) is 0.660. The monoisotopic (exact) mass is 383 g/mol. The van der Waals surface area contributed by atoms with Crippen LogP contribution in [0, 0.1) is 0 Å². The predicted octanol–water partition coefficient (Wildman–Crippen LogP) is 4.24. The summed E-state index contributed by atoms with van der Waals surface area (Å²) in [4.78, 5) is 13.9. The summed E-state index contributed by atoms with van der Waals surface area (Å²) < 4.78 is 24.5. The Labute approximate surface area is 156 Å². The lowest BCUT2D eigenvalue weighted by atomic mass is 10.0. The minimum absolute atomic E-state index is 0.0179. The number of thiophene rings is 1. The van der Waals surface area contributed by atoms with Gasteiger partial charge in [0.15, 0.2) is 15.7 Å². The Morgan fingerprint density at radius 1 is 1.12 bits per heavy atom. The Balaban J connectivity index is 1.69. The van der Waals surface area contributed by atoms with Crippen LogP contribution in [-0.2, 0) is 9.84 Å². The molecule has 0 fully saturated rings. The first kappa shape index (κ1) is 17.1. The Morgan fingerprint density at radius 2 is 1.88 bits per heavy atom. The summed E-state index contributed by atoms with van der Waals surface area (Å²) >= 11 is 1.64. The largest absolute Gasteiger partial charge is 0.246 e. The molecule has 1 aliphatic heterocycles. The molecule has 3 heterocycles. The van der Waals surface area contributed by atoms with E-state index >= 15 is 0 Å². The van der Waals surface area contributed by atoms with Gasteiger partial charge in [0.25, 0.3) is 0 Å². The maximum Gasteiger partial charge on any atom is 0.180 e. The van der Waals surface area contributed by atoms with E-state index in [1.54, 1.807) is 55.6 Å². The summed E-state index contributed by atoms with van der Waals surface area (Å²) in [5.41, 5.74) is 3.53. The number of sulfone groups is 1. The van der Waals surface area contributed by atoms with Gasteiger partial charge in [-0.1, -0.05) is 12.1 Å². The molecule has 2 aromatic heterocycles. The normalized spacial score (nSPS) is 16.2. The molecule has 26 heavy (non-hydrogen) atoms. The van der Waals surface area contributed by atoms with E-state index in [4.69, 9.17) is 4.98 Å². The number of aliphatic imine (C=N–C) groups is 1. The van der Waals surface area contributed by atoms with Crippen LogP contribution >= 0.6 is 11.3 Å². The van der Waals surface area contributed by atoms with Crippen molar-refractivity contribution in [3.63, 3.8) is 0 Å². The molecule has 0 bridgehead atoms. The number of hydrogen-bond donors (Lipinski definition) is 0. The molecule has 1 aromatic carbocycles. The maximum atomic E-state index is 12.3. The number of rotatable bonds is 4. The number of nitrogens with zero attached hydrogens (tertiary/aromatic N) is 3. The molecule has 132 valence electrons. The van der Waals surface area contributed by atoms with Crippen LogP contribution in [0.1, 0.15) is 31.0 Å². The van der Waals surface area contributed by atoms with E-state index < -0.39 is 15.1 Å². The van der Waals surface area contributed by atoms with Gasteiger partial charge in [-0.25, -0.2) is 23.4 Å². The predicted molar refractivity (Wildman–Crippen MR) is 104 cm³/mol. The van der Waals surface area contributed by atoms with Crippen molar-refractivity contribution in [3.8, 4) is 11.3 Å². The van der Waals surface area contributed by atoms with Crippen LogP contribution in [0.2, 0.25) is 0 Å². The molecule has 0 radical (unpaired) electrons. The molecule has 0 N–H and O–H groups in total. The van der Waals surface area contributed by atoms with Crippen molar-refractivity contribution in [2.75, 3.05) is 0 Å². The van der Waals surface area contributed by atoms with Gasteiger partial charge in [0.05, 0.1) is 33.6 Å². The van der Waals surface area contributed by atoms with Crippen LogP contribution in [-0.4, -0.2) is 29.9 Å². The molecule has 1 unspecified atom stereocenters. The molecular weight excluding hydrogens is 366 g/mol. The zero-order valence-corrected chi connectivity index (χ0v) is 16.0. The Bertz CT molecular complexity index is 1070. The standard InChI is InChI=1S/C19H17N3O2S2/c1-12(2)26(23,24)15-5-3-13(4-6-15)17-10-21-19-18(22-17)16(9-20-19)14-7-8-25-11-14/h3-12,16H,1-2H3. The van der Waals surface area contributed by atoms with E-state index in [2.05, 4.69) is 21.4 Å². The van der Waals surface area contributed by atoms with Gasteiger partial charge in [0.2, 0.25) is 0 Å². The van der Waals surface area contributed by atoms with Crippen LogP contribution < -0.4 is 0 Å². The third kappa shape index (κ3) is 2.87. The average molecular weight is 383 g/mol. The van der Waals surface area contributed by atoms with Crippen molar-refractivity contribution in [1.82, 2.24) is 9.97 Å². The van der Waals surface area contributed by atoms with Crippen LogP contribution in [0.5, 0.6) is 0 Å². The van der Waals surface area contributed by atoms with E-state index in [-0.39, 0.29) is 5.92 Å². The molecule has 3 aromatic rings. The molecule has 0 amide bonds.